The summed E-state index contributed by atoms with van der Waals surface area (Å²) in [7, 11) is 0. The van der Waals surface area contributed by atoms with Crippen LogP contribution < -0.4 is 16.0 Å². The standard InChI is InChI=1S/C15H20ClF3N4O.2ClH/c16-12-6-11(15(17,18)19)9-23-14(12)21-5-3-13(24)22-8-10-2-1-4-20-7-10;;/h6,9-10,20H,1-5,7-8H2,(H,21,23)(H,22,24);2*1H. The van der Waals surface area contributed by atoms with Crippen LogP contribution in [-0.4, -0.2) is 37.1 Å². The van der Waals surface area contributed by atoms with Crippen LogP contribution in [0.25, 0.3) is 0 Å². The Labute approximate surface area is 167 Å². The Morgan fingerprint density at radius 3 is 2.69 bits per heavy atom. The van der Waals surface area contributed by atoms with E-state index >= 15 is 0 Å². The van der Waals surface area contributed by atoms with Gasteiger partial charge in [-0.05, 0) is 37.9 Å². The fourth-order valence-corrected chi connectivity index (χ4v) is 2.70. The van der Waals surface area contributed by atoms with E-state index in [2.05, 4.69) is 20.9 Å². The number of hydrogen-bond donors (Lipinski definition) is 3. The molecule has 5 nitrogen and oxygen atoms in total. The number of nitrogens with one attached hydrogen (secondary N) is 3. The maximum atomic E-state index is 12.5. The largest absolute Gasteiger partial charge is 0.417 e. The smallest absolute Gasteiger partial charge is 0.368 e. The number of amides is 1. The molecule has 1 atom stereocenters. The maximum absolute atomic E-state index is 12.5. The molecule has 26 heavy (non-hydrogen) atoms. The molecule has 1 aliphatic heterocycles. The molecule has 2 rings (SSSR count). The summed E-state index contributed by atoms with van der Waals surface area (Å²) in [5.74, 6) is 0.465. The van der Waals surface area contributed by atoms with Gasteiger partial charge in [0.1, 0.15) is 5.82 Å². The Bertz CT molecular complexity index is 570. The number of rotatable bonds is 6. The fourth-order valence-electron chi connectivity index (χ4n) is 2.46. The lowest BCUT2D eigenvalue weighted by molar-refractivity contribution is -0.137. The molecule has 1 fully saturated rings. The van der Waals surface area contributed by atoms with Crippen molar-refractivity contribution in [1.29, 1.82) is 0 Å². The monoisotopic (exact) mass is 436 g/mol. The van der Waals surface area contributed by atoms with Gasteiger partial charge in [0, 0.05) is 25.7 Å². The Morgan fingerprint density at radius 1 is 1.38 bits per heavy atom. The molecule has 0 aromatic carbocycles. The molecular weight excluding hydrogens is 416 g/mol. The number of carbonyl (C=O) groups is 1. The van der Waals surface area contributed by atoms with E-state index in [9.17, 15) is 18.0 Å². The number of hydrogen-bond acceptors (Lipinski definition) is 4. The normalized spacial score (nSPS) is 16.8. The number of alkyl halides is 3. The number of carbonyl (C=O) groups excluding carboxylic acids is 1. The topological polar surface area (TPSA) is 66.0 Å². The Morgan fingerprint density at radius 2 is 2.12 bits per heavy atom. The Hall–Kier alpha value is -0.960. The third kappa shape index (κ3) is 8.16. The highest BCUT2D eigenvalue weighted by molar-refractivity contribution is 6.32. The summed E-state index contributed by atoms with van der Waals surface area (Å²) >= 11 is 5.78. The van der Waals surface area contributed by atoms with E-state index in [0.29, 0.717) is 18.7 Å². The summed E-state index contributed by atoms with van der Waals surface area (Å²) in [5, 5.41) is 8.79. The molecule has 1 amide bonds. The molecule has 0 aliphatic carbocycles. The van der Waals surface area contributed by atoms with Crippen LogP contribution in [0, 0.1) is 5.92 Å². The molecule has 1 aromatic heterocycles. The molecule has 0 bridgehead atoms. The fraction of sp³-hybridized carbons (Fsp3) is 0.600. The lowest BCUT2D eigenvalue weighted by atomic mass is 10.00. The van der Waals surface area contributed by atoms with Crippen LogP contribution in [0.15, 0.2) is 12.3 Å². The summed E-state index contributed by atoms with van der Waals surface area (Å²) in [6.07, 6.45) is -1.37. The lowest BCUT2D eigenvalue weighted by Crippen LogP contribution is -2.38. The van der Waals surface area contributed by atoms with Gasteiger partial charge in [0.2, 0.25) is 5.91 Å². The molecular formula is C15H22Cl3F3N4O. The first-order valence-corrected chi connectivity index (χ1v) is 8.18. The zero-order valence-electron chi connectivity index (χ0n) is 13.9. The zero-order valence-corrected chi connectivity index (χ0v) is 16.3. The number of piperidine rings is 1. The highest BCUT2D eigenvalue weighted by Gasteiger charge is 2.31. The van der Waals surface area contributed by atoms with E-state index in [1.165, 1.54) is 0 Å². The molecule has 3 N–H and O–H groups in total. The summed E-state index contributed by atoms with van der Waals surface area (Å²) in [5.41, 5.74) is -0.906. The van der Waals surface area contributed by atoms with E-state index in [1.807, 2.05) is 0 Å². The predicted octanol–water partition coefficient (Wildman–Crippen LogP) is 3.52. The molecule has 2 heterocycles. The van der Waals surface area contributed by atoms with Crippen molar-refractivity contribution < 1.29 is 18.0 Å². The van der Waals surface area contributed by atoms with E-state index < -0.39 is 11.7 Å². The van der Waals surface area contributed by atoms with Gasteiger partial charge < -0.3 is 16.0 Å². The second-order valence-electron chi connectivity index (χ2n) is 5.75. The van der Waals surface area contributed by atoms with Crippen LogP contribution in [0.4, 0.5) is 19.0 Å². The van der Waals surface area contributed by atoms with Crippen molar-refractivity contribution in [3.63, 3.8) is 0 Å². The highest BCUT2D eigenvalue weighted by atomic mass is 35.5. The highest BCUT2D eigenvalue weighted by Crippen LogP contribution is 2.32. The first kappa shape index (κ1) is 25.0. The lowest BCUT2D eigenvalue weighted by Gasteiger charge is -2.22. The third-order valence-electron chi connectivity index (χ3n) is 3.80. The number of aromatic nitrogens is 1. The van der Waals surface area contributed by atoms with Gasteiger partial charge in [-0.2, -0.15) is 13.2 Å². The molecule has 1 aromatic rings. The van der Waals surface area contributed by atoms with Crippen LogP contribution in [-0.2, 0) is 11.0 Å². The summed E-state index contributed by atoms with van der Waals surface area (Å²) < 4.78 is 37.6. The summed E-state index contributed by atoms with van der Waals surface area (Å²) in [6, 6.07) is 0.813. The second kappa shape index (κ2) is 11.7. The first-order chi connectivity index (χ1) is 11.4. The average Bonchev–Trinajstić information content (AvgIpc) is 2.54. The molecule has 0 radical (unpaired) electrons. The molecule has 1 aliphatic rings. The van der Waals surface area contributed by atoms with Gasteiger partial charge in [0.15, 0.2) is 0 Å². The van der Waals surface area contributed by atoms with Gasteiger partial charge in [-0.25, -0.2) is 4.98 Å². The van der Waals surface area contributed by atoms with Crippen molar-refractivity contribution in [1.82, 2.24) is 15.6 Å². The molecule has 0 spiro atoms. The van der Waals surface area contributed by atoms with Crippen molar-refractivity contribution in [3.8, 4) is 0 Å². The van der Waals surface area contributed by atoms with Crippen molar-refractivity contribution in [2.45, 2.75) is 25.4 Å². The van der Waals surface area contributed by atoms with Crippen molar-refractivity contribution in [2.75, 3.05) is 31.5 Å². The van der Waals surface area contributed by atoms with E-state index in [0.717, 1.165) is 32.0 Å². The minimum atomic E-state index is -4.48. The minimum absolute atomic E-state index is 0. The number of nitrogens with zero attached hydrogens (tertiary/aromatic N) is 1. The van der Waals surface area contributed by atoms with Gasteiger partial charge in [0.05, 0.1) is 10.6 Å². The van der Waals surface area contributed by atoms with Crippen LogP contribution in [0.1, 0.15) is 24.8 Å². The van der Waals surface area contributed by atoms with Crippen molar-refractivity contribution >= 4 is 48.1 Å². The number of anilines is 1. The SMILES string of the molecule is Cl.Cl.O=C(CCNc1ncc(C(F)(F)F)cc1Cl)NCC1CCCNC1. The van der Waals surface area contributed by atoms with Gasteiger partial charge in [-0.3, -0.25) is 4.79 Å². The summed E-state index contributed by atoms with van der Waals surface area (Å²) in [4.78, 5) is 15.4. The van der Waals surface area contributed by atoms with Crippen LogP contribution in [0.2, 0.25) is 5.02 Å². The quantitative estimate of drug-likeness (QED) is 0.637. The minimum Gasteiger partial charge on any atom is -0.368 e. The van der Waals surface area contributed by atoms with Crippen molar-refractivity contribution in [3.05, 3.63) is 22.8 Å². The number of pyridine rings is 1. The van der Waals surface area contributed by atoms with Gasteiger partial charge >= 0.3 is 6.18 Å². The molecule has 11 heteroatoms. The van der Waals surface area contributed by atoms with E-state index in [4.69, 9.17) is 11.6 Å². The second-order valence-corrected chi connectivity index (χ2v) is 6.15. The third-order valence-corrected chi connectivity index (χ3v) is 4.09. The van der Waals surface area contributed by atoms with Crippen LogP contribution in [0.3, 0.4) is 0 Å². The summed E-state index contributed by atoms with van der Waals surface area (Å²) in [6.45, 7) is 2.80. The van der Waals surface area contributed by atoms with E-state index in [-0.39, 0.29) is 54.5 Å². The zero-order chi connectivity index (χ0) is 17.6. The predicted molar refractivity (Wildman–Crippen MR) is 100 cm³/mol. The number of halogens is 6. The van der Waals surface area contributed by atoms with Gasteiger partial charge in [-0.1, -0.05) is 11.6 Å². The Kier molecular flexibility index (Phi) is 11.3. The first-order valence-electron chi connectivity index (χ1n) is 7.80. The van der Waals surface area contributed by atoms with Crippen molar-refractivity contribution in [2.24, 2.45) is 5.92 Å². The van der Waals surface area contributed by atoms with Crippen LogP contribution in [0.5, 0.6) is 0 Å². The molecule has 1 saturated heterocycles. The molecule has 150 valence electrons. The van der Waals surface area contributed by atoms with E-state index in [1.54, 1.807) is 0 Å². The Balaban J connectivity index is 0.00000312. The molecule has 1 unspecified atom stereocenters. The molecule has 0 saturated carbocycles. The van der Waals surface area contributed by atoms with Gasteiger partial charge in [0.25, 0.3) is 0 Å². The maximum Gasteiger partial charge on any atom is 0.417 e. The average molecular weight is 438 g/mol. The van der Waals surface area contributed by atoms with Gasteiger partial charge in [-0.15, -0.1) is 24.8 Å². The van der Waals surface area contributed by atoms with Crippen LogP contribution >= 0.6 is 36.4 Å².